The summed E-state index contributed by atoms with van der Waals surface area (Å²) in [5.74, 6) is 0.707. The van der Waals surface area contributed by atoms with Gasteiger partial charge in [-0.2, -0.15) is 0 Å². The van der Waals surface area contributed by atoms with Crippen molar-refractivity contribution in [3.63, 3.8) is 0 Å². The Morgan fingerprint density at radius 1 is 0.512 bits per heavy atom. The van der Waals surface area contributed by atoms with Gasteiger partial charge in [-0.1, -0.05) is 85.5 Å². The van der Waals surface area contributed by atoms with Crippen molar-refractivity contribution in [2.75, 3.05) is 0 Å². The van der Waals surface area contributed by atoms with Gasteiger partial charge in [-0.05, 0) is 112 Å². The van der Waals surface area contributed by atoms with Crippen molar-refractivity contribution in [1.29, 1.82) is 0 Å². The van der Waals surface area contributed by atoms with Gasteiger partial charge in [0.1, 0.15) is 0 Å². The monoisotopic (exact) mass is 528 g/mol. The largest absolute Gasteiger partial charge is 0.248 e. The molecule has 0 aliphatic heterocycles. The Bertz CT molecular complexity index is 2170. The fourth-order valence-corrected chi connectivity index (χ4v) is 7.68. The molecule has 1 fully saturated rings. The van der Waals surface area contributed by atoms with Crippen molar-refractivity contribution in [2.45, 2.75) is 44.9 Å². The number of hydrogen-bond donors (Lipinski definition) is 0. The van der Waals surface area contributed by atoms with E-state index in [9.17, 15) is 0 Å². The summed E-state index contributed by atoms with van der Waals surface area (Å²) < 4.78 is 4.86. The van der Waals surface area contributed by atoms with Crippen molar-refractivity contribution in [3.8, 4) is 11.4 Å². The second kappa shape index (κ2) is 8.72. The summed E-state index contributed by atoms with van der Waals surface area (Å²) in [5.41, 5.74) is 7.66. The van der Waals surface area contributed by atoms with E-state index in [1.165, 1.54) is 109 Å². The van der Waals surface area contributed by atoms with Gasteiger partial charge in [0, 0.05) is 10.8 Å². The van der Waals surface area contributed by atoms with Gasteiger partial charge in [-0.3, -0.25) is 0 Å². The Kier molecular flexibility index (Phi) is 4.93. The van der Waals surface area contributed by atoms with Gasteiger partial charge >= 0.3 is 0 Å². The molecule has 0 atom stereocenters. The summed E-state index contributed by atoms with van der Waals surface area (Å²) in [6.07, 6.45) is 6.76. The van der Waals surface area contributed by atoms with E-state index in [2.05, 4.69) is 125 Å². The zero-order valence-electron chi connectivity index (χ0n) is 23.4. The first-order chi connectivity index (χ1) is 20.2. The average molecular weight is 529 g/mol. The first kappa shape index (κ1) is 23.2. The second-order valence-corrected chi connectivity index (χ2v) is 12.1. The van der Waals surface area contributed by atoms with E-state index in [4.69, 9.17) is 0 Å². The van der Waals surface area contributed by atoms with Crippen molar-refractivity contribution in [3.05, 3.63) is 120 Å². The molecule has 2 heteroatoms. The third-order valence-electron chi connectivity index (χ3n) is 9.73. The minimum Gasteiger partial charge on any atom is -0.248 e. The molecule has 1 aromatic heterocycles. The lowest BCUT2D eigenvalue weighted by atomic mass is 9.84. The molecular weight excluding hydrogens is 496 g/mol. The smallest absolute Gasteiger partial charge is 0.0737 e. The number of hydrogen-bond acceptors (Lipinski definition) is 0. The topological polar surface area (TPSA) is 9.86 Å². The van der Waals surface area contributed by atoms with Crippen molar-refractivity contribution < 1.29 is 0 Å². The molecular formula is C39H32N2. The maximum atomic E-state index is 2.44. The lowest BCUT2D eigenvalue weighted by Gasteiger charge is -2.22. The molecule has 0 radical (unpaired) electrons. The highest BCUT2D eigenvalue weighted by molar-refractivity contribution is 6.36. The molecule has 1 aliphatic rings. The minimum atomic E-state index is 0.707. The predicted molar refractivity (Wildman–Crippen MR) is 174 cm³/mol. The normalized spacial score (nSPS) is 14.9. The number of benzene rings is 6. The molecule has 8 aromatic rings. The highest BCUT2D eigenvalue weighted by atomic mass is 15.4. The molecule has 1 aliphatic carbocycles. The molecule has 0 spiro atoms. The molecule has 9 rings (SSSR count). The summed E-state index contributed by atoms with van der Waals surface area (Å²) in [5, 5.41) is 10.7. The van der Waals surface area contributed by atoms with Gasteiger partial charge in [0.2, 0.25) is 0 Å². The van der Waals surface area contributed by atoms with Crippen LogP contribution in [-0.4, -0.2) is 9.36 Å². The first-order valence-corrected chi connectivity index (χ1v) is 15.1. The number of fused-ring (bicyclic) bond motifs is 4. The first-order valence-electron chi connectivity index (χ1n) is 15.1. The summed E-state index contributed by atoms with van der Waals surface area (Å²) >= 11 is 0. The van der Waals surface area contributed by atoms with Crippen LogP contribution in [0.3, 0.4) is 0 Å². The number of rotatable bonds is 3. The van der Waals surface area contributed by atoms with Gasteiger partial charge in [-0.15, -0.1) is 0 Å². The summed E-state index contributed by atoms with van der Waals surface area (Å²) in [6, 6.07) is 41.3. The van der Waals surface area contributed by atoms with E-state index in [0.29, 0.717) is 5.92 Å². The number of aromatic nitrogens is 2. The van der Waals surface area contributed by atoms with E-state index in [-0.39, 0.29) is 0 Å². The van der Waals surface area contributed by atoms with Crippen molar-refractivity contribution >= 4 is 54.1 Å². The van der Waals surface area contributed by atoms with Crippen LogP contribution in [0.5, 0.6) is 0 Å². The third-order valence-corrected chi connectivity index (χ3v) is 9.73. The van der Waals surface area contributed by atoms with Crippen LogP contribution in [0.15, 0.2) is 109 Å². The van der Waals surface area contributed by atoms with Gasteiger partial charge in [0.25, 0.3) is 0 Å². The maximum absolute atomic E-state index is 2.44. The Labute approximate surface area is 239 Å². The third kappa shape index (κ3) is 3.37. The average Bonchev–Trinajstić information content (AvgIpc) is 3.53. The highest BCUT2D eigenvalue weighted by Gasteiger charge is 2.23. The molecule has 41 heavy (non-hydrogen) atoms. The molecule has 0 N–H and O–H groups in total. The second-order valence-electron chi connectivity index (χ2n) is 12.1. The van der Waals surface area contributed by atoms with Crippen LogP contribution in [0, 0.1) is 6.92 Å². The van der Waals surface area contributed by atoms with Crippen LogP contribution < -0.4 is 0 Å². The Morgan fingerprint density at radius 3 is 1.61 bits per heavy atom. The lowest BCUT2D eigenvalue weighted by Crippen LogP contribution is -2.10. The molecule has 1 heterocycles. The predicted octanol–water partition coefficient (Wildman–Crippen LogP) is 10.8. The summed E-state index contributed by atoms with van der Waals surface area (Å²) in [7, 11) is 0. The zero-order valence-corrected chi connectivity index (χ0v) is 23.4. The quantitative estimate of drug-likeness (QED) is 0.216. The molecule has 7 aromatic carbocycles. The molecule has 1 saturated carbocycles. The van der Waals surface area contributed by atoms with E-state index >= 15 is 0 Å². The molecule has 0 saturated heterocycles. The fraction of sp³-hybridized carbons (Fsp3) is 0.179. The molecule has 0 unspecified atom stereocenters. The summed E-state index contributed by atoms with van der Waals surface area (Å²) in [6.45, 7) is 2.16. The number of aryl methyl sites for hydroxylation is 1. The lowest BCUT2D eigenvalue weighted by molar-refractivity contribution is 0.443. The SMILES string of the molecule is Cc1ccc(-n2c3ccc4c5cc6ccccc6cc5c5ccc(c3c45)n2-c2ccc(C3CCCCC3)cc2)cc1. The van der Waals surface area contributed by atoms with Gasteiger partial charge in [-0.25, -0.2) is 9.36 Å². The van der Waals surface area contributed by atoms with E-state index in [1.54, 1.807) is 0 Å². The van der Waals surface area contributed by atoms with E-state index in [1.807, 2.05) is 0 Å². The van der Waals surface area contributed by atoms with Crippen molar-refractivity contribution in [1.82, 2.24) is 9.36 Å². The van der Waals surface area contributed by atoms with Crippen LogP contribution in [0.4, 0.5) is 0 Å². The van der Waals surface area contributed by atoms with Gasteiger partial charge in [0.15, 0.2) is 0 Å². The van der Waals surface area contributed by atoms with Gasteiger partial charge < -0.3 is 0 Å². The van der Waals surface area contributed by atoms with Crippen LogP contribution >= 0.6 is 0 Å². The Hall–Kier alpha value is -4.56. The van der Waals surface area contributed by atoms with Crippen LogP contribution in [0.2, 0.25) is 0 Å². The van der Waals surface area contributed by atoms with Crippen LogP contribution in [-0.2, 0) is 0 Å². The standard InChI is InChI=1S/C39H32N2/c1-25-11-15-30(16-12-25)40-36-21-19-32-34-23-28-9-5-6-10-29(28)24-35(34)33-20-22-37(39(36)38(32)33)41(40)31-17-13-27(14-18-31)26-7-3-2-4-8-26/h5-6,9-24,26H,2-4,7-8H2,1H3. The summed E-state index contributed by atoms with van der Waals surface area (Å²) in [4.78, 5) is 0. The Balaban J connectivity index is 1.35. The van der Waals surface area contributed by atoms with Gasteiger partial charge in [0.05, 0.1) is 22.4 Å². The van der Waals surface area contributed by atoms with Crippen LogP contribution in [0.1, 0.15) is 49.1 Å². The minimum absolute atomic E-state index is 0.707. The Morgan fingerprint density at radius 2 is 1.05 bits per heavy atom. The fourth-order valence-electron chi connectivity index (χ4n) is 7.68. The highest BCUT2D eigenvalue weighted by Crippen LogP contribution is 2.45. The van der Waals surface area contributed by atoms with Crippen molar-refractivity contribution in [2.24, 2.45) is 0 Å². The number of nitrogens with zero attached hydrogens (tertiary/aromatic N) is 2. The van der Waals surface area contributed by atoms with E-state index in [0.717, 1.165) is 0 Å². The molecule has 198 valence electrons. The maximum Gasteiger partial charge on any atom is 0.0737 e. The van der Waals surface area contributed by atoms with Crippen LogP contribution in [0.25, 0.3) is 65.5 Å². The van der Waals surface area contributed by atoms with E-state index < -0.39 is 0 Å². The molecule has 2 nitrogen and oxygen atoms in total. The molecule has 0 bridgehead atoms. The zero-order chi connectivity index (χ0) is 27.1. The molecule has 0 amide bonds.